The molecular formula is C20H17FN4O2S. The number of rotatable bonds is 6. The summed E-state index contributed by atoms with van der Waals surface area (Å²) in [5.41, 5.74) is 1.51. The van der Waals surface area contributed by atoms with Gasteiger partial charge in [-0.15, -0.1) is 11.8 Å². The third-order valence-corrected chi connectivity index (χ3v) is 4.90. The highest BCUT2D eigenvalue weighted by Crippen LogP contribution is 2.34. The summed E-state index contributed by atoms with van der Waals surface area (Å²) < 4.78 is 24.6. The van der Waals surface area contributed by atoms with Crippen molar-refractivity contribution < 1.29 is 13.9 Å². The van der Waals surface area contributed by atoms with Crippen LogP contribution in [0.5, 0.6) is 17.2 Å². The molecule has 0 fully saturated rings. The molecule has 0 radical (unpaired) electrons. The lowest BCUT2D eigenvalue weighted by Gasteiger charge is -2.13. The molecule has 1 aliphatic rings. The van der Waals surface area contributed by atoms with Crippen molar-refractivity contribution in [1.82, 2.24) is 9.97 Å². The van der Waals surface area contributed by atoms with Crippen LogP contribution < -0.4 is 14.8 Å². The third-order valence-electron chi connectivity index (χ3n) is 3.90. The van der Waals surface area contributed by atoms with Gasteiger partial charge in [-0.2, -0.15) is 0 Å². The Labute approximate surface area is 165 Å². The Morgan fingerprint density at radius 3 is 2.82 bits per heavy atom. The first kappa shape index (κ1) is 18.2. The first-order valence-electron chi connectivity index (χ1n) is 8.60. The second-order valence-corrected chi connectivity index (χ2v) is 6.93. The minimum absolute atomic E-state index is 0.372. The van der Waals surface area contributed by atoms with Crippen LogP contribution >= 0.6 is 11.8 Å². The highest BCUT2D eigenvalue weighted by molar-refractivity contribution is 8.14. The first-order chi connectivity index (χ1) is 13.7. The van der Waals surface area contributed by atoms with E-state index in [9.17, 15) is 4.39 Å². The Morgan fingerprint density at radius 1 is 1.11 bits per heavy atom. The number of nitrogens with zero attached hydrogens (tertiary/aromatic N) is 3. The maximum absolute atomic E-state index is 13.4. The van der Waals surface area contributed by atoms with E-state index in [-0.39, 0.29) is 5.82 Å². The molecule has 0 amide bonds. The van der Waals surface area contributed by atoms with E-state index in [2.05, 4.69) is 20.3 Å². The van der Waals surface area contributed by atoms with Gasteiger partial charge in [-0.1, -0.05) is 6.07 Å². The highest BCUT2D eigenvalue weighted by atomic mass is 32.2. The van der Waals surface area contributed by atoms with Crippen molar-refractivity contribution in [3.05, 3.63) is 66.2 Å². The average Bonchev–Trinajstić information content (AvgIpc) is 3.23. The van der Waals surface area contributed by atoms with Crippen LogP contribution in [0.25, 0.3) is 0 Å². The molecule has 0 spiro atoms. The number of aliphatic imine (C=N–C) groups is 1. The fourth-order valence-electron chi connectivity index (χ4n) is 2.65. The molecule has 2 heterocycles. The van der Waals surface area contributed by atoms with Crippen molar-refractivity contribution in [3.8, 4) is 17.2 Å². The van der Waals surface area contributed by atoms with Crippen molar-refractivity contribution >= 4 is 28.4 Å². The lowest BCUT2D eigenvalue weighted by atomic mass is 10.2. The van der Waals surface area contributed by atoms with Crippen LogP contribution in [0.4, 0.5) is 16.0 Å². The van der Waals surface area contributed by atoms with Crippen molar-refractivity contribution in [3.63, 3.8) is 0 Å². The number of aromatic nitrogens is 2. The number of thioether (sulfide) groups is 1. The van der Waals surface area contributed by atoms with E-state index in [0.29, 0.717) is 28.9 Å². The van der Waals surface area contributed by atoms with Crippen molar-refractivity contribution in [2.24, 2.45) is 4.99 Å². The number of halogens is 1. The molecule has 3 aromatic rings. The standard InChI is InChI=1S/C20H17FN4O2S/c1-26-17-6-5-14(12-18(17)27-15-4-2-3-13(21)11-15)24-20-23-8-7-16(25-20)19-22-9-10-28-19/h2-8,11-12H,9-10H2,1H3,(H,23,24,25). The SMILES string of the molecule is COc1ccc(Nc2nccc(C3=NCCS3)n2)cc1Oc1cccc(F)c1. The maximum atomic E-state index is 13.4. The molecule has 1 N–H and O–H groups in total. The van der Waals surface area contributed by atoms with Gasteiger partial charge in [-0.25, -0.2) is 14.4 Å². The number of anilines is 2. The molecule has 0 saturated heterocycles. The lowest BCUT2D eigenvalue weighted by molar-refractivity contribution is 0.378. The number of methoxy groups -OCH3 is 1. The Morgan fingerprint density at radius 2 is 2.04 bits per heavy atom. The zero-order valence-electron chi connectivity index (χ0n) is 15.1. The summed E-state index contributed by atoms with van der Waals surface area (Å²) in [7, 11) is 1.55. The molecule has 0 saturated carbocycles. The summed E-state index contributed by atoms with van der Waals surface area (Å²) in [5, 5.41) is 4.09. The predicted molar refractivity (Wildman–Crippen MR) is 109 cm³/mol. The van der Waals surface area contributed by atoms with Crippen molar-refractivity contribution in [2.45, 2.75) is 0 Å². The number of hydrogen-bond acceptors (Lipinski definition) is 7. The van der Waals surface area contributed by atoms with Crippen LogP contribution in [0.15, 0.2) is 59.7 Å². The number of nitrogens with one attached hydrogen (secondary N) is 1. The molecule has 1 aliphatic heterocycles. The minimum atomic E-state index is -0.372. The molecule has 28 heavy (non-hydrogen) atoms. The molecule has 0 atom stereocenters. The predicted octanol–water partition coefficient (Wildman–Crippen LogP) is 4.65. The lowest BCUT2D eigenvalue weighted by Crippen LogP contribution is -2.03. The molecule has 6 nitrogen and oxygen atoms in total. The molecule has 2 aromatic carbocycles. The first-order valence-corrected chi connectivity index (χ1v) is 9.59. The molecule has 142 valence electrons. The number of hydrogen-bond donors (Lipinski definition) is 1. The van der Waals surface area contributed by atoms with Gasteiger partial charge < -0.3 is 14.8 Å². The van der Waals surface area contributed by atoms with Gasteiger partial charge in [0.2, 0.25) is 5.95 Å². The van der Waals surface area contributed by atoms with Gasteiger partial charge in [-0.3, -0.25) is 4.99 Å². The fraction of sp³-hybridized carbons (Fsp3) is 0.150. The molecule has 8 heteroatoms. The fourth-order valence-corrected chi connectivity index (χ4v) is 3.47. The smallest absolute Gasteiger partial charge is 0.227 e. The number of benzene rings is 2. The summed E-state index contributed by atoms with van der Waals surface area (Å²) in [6.07, 6.45) is 1.69. The molecular weight excluding hydrogens is 379 g/mol. The third kappa shape index (κ3) is 4.23. The van der Waals surface area contributed by atoms with Crippen LogP contribution in [-0.2, 0) is 0 Å². The zero-order chi connectivity index (χ0) is 19.3. The van der Waals surface area contributed by atoms with E-state index in [4.69, 9.17) is 9.47 Å². The van der Waals surface area contributed by atoms with E-state index in [0.717, 1.165) is 23.0 Å². The Hall–Kier alpha value is -3.13. The second kappa shape index (κ2) is 8.26. The summed E-state index contributed by atoms with van der Waals surface area (Å²) >= 11 is 1.69. The quantitative estimate of drug-likeness (QED) is 0.654. The van der Waals surface area contributed by atoms with E-state index in [1.54, 1.807) is 49.3 Å². The Kier molecular flexibility index (Phi) is 5.38. The van der Waals surface area contributed by atoms with Gasteiger partial charge in [0.25, 0.3) is 0 Å². The van der Waals surface area contributed by atoms with Gasteiger partial charge in [0.15, 0.2) is 11.5 Å². The normalized spacial score (nSPS) is 13.1. The molecule has 0 bridgehead atoms. The van der Waals surface area contributed by atoms with Gasteiger partial charge in [0.05, 0.1) is 7.11 Å². The van der Waals surface area contributed by atoms with E-state index in [1.165, 1.54) is 12.1 Å². The molecule has 1 aromatic heterocycles. The number of ether oxygens (including phenoxy) is 2. The van der Waals surface area contributed by atoms with Gasteiger partial charge in [0, 0.05) is 36.3 Å². The monoisotopic (exact) mass is 396 g/mol. The van der Waals surface area contributed by atoms with Crippen LogP contribution in [0.3, 0.4) is 0 Å². The van der Waals surface area contributed by atoms with Crippen LogP contribution in [0.2, 0.25) is 0 Å². The summed E-state index contributed by atoms with van der Waals surface area (Å²) in [6, 6.07) is 13.1. The second-order valence-electron chi connectivity index (χ2n) is 5.85. The topological polar surface area (TPSA) is 68.6 Å². The van der Waals surface area contributed by atoms with E-state index >= 15 is 0 Å². The van der Waals surface area contributed by atoms with Crippen molar-refractivity contribution in [2.75, 3.05) is 24.7 Å². The van der Waals surface area contributed by atoms with Gasteiger partial charge >= 0.3 is 0 Å². The molecule has 0 unspecified atom stereocenters. The van der Waals surface area contributed by atoms with Crippen molar-refractivity contribution in [1.29, 1.82) is 0 Å². The van der Waals surface area contributed by atoms with Gasteiger partial charge in [0.1, 0.15) is 22.3 Å². The maximum Gasteiger partial charge on any atom is 0.227 e. The minimum Gasteiger partial charge on any atom is -0.493 e. The summed E-state index contributed by atoms with van der Waals surface area (Å²) in [6.45, 7) is 0.812. The van der Waals surface area contributed by atoms with Crippen LogP contribution in [-0.4, -0.2) is 34.4 Å². The van der Waals surface area contributed by atoms with Crippen LogP contribution in [0, 0.1) is 5.82 Å². The van der Waals surface area contributed by atoms with E-state index in [1.807, 2.05) is 12.1 Å². The summed E-state index contributed by atoms with van der Waals surface area (Å²) in [4.78, 5) is 13.2. The zero-order valence-corrected chi connectivity index (χ0v) is 15.9. The summed E-state index contributed by atoms with van der Waals surface area (Å²) in [5.74, 6) is 2.41. The Balaban J connectivity index is 1.58. The average molecular weight is 396 g/mol. The van der Waals surface area contributed by atoms with Crippen LogP contribution in [0.1, 0.15) is 5.69 Å². The Bertz CT molecular complexity index is 1030. The van der Waals surface area contributed by atoms with Gasteiger partial charge in [-0.05, 0) is 30.3 Å². The molecule has 0 aliphatic carbocycles. The largest absolute Gasteiger partial charge is 0.493 e. The van der Waals surface area contributed by atoms with E-state index < -0.39 is 0 Å². The highest BCUT2D eigenvalue weighted by Gasteiger charge is 2.13. The molecule has 4 rings (SSSR count).